The summed E-state index contributed by atoms with van der Waals surface area (Å²) in [4.78, 5) is 1.95. The number of rotatable bonds is 14. The van der Waals surface area contributed by atoms with Gasteiger partial charge in [0.2, 0.25) is 0 Å². The highest BCUT2D eigenvalue weighted by atomic mass is 31.2. The number of phosphoric acid groups is 1. The van der Waals surface area contributed by atoms with Gasteiger partial charge in [-0.05, 0) is 66.8 Å². The lowest BCUT2D eigenvalue weighted by atomic mass is 10.1. The molecule has 152 valence electrons. The minimum atomic E-state index is -3.39. The minimum Gasteiger partial charge on any atom is -0.290 e. The minimum absolute atomic E-state index is 0.208. The average molecular weight is 388 g/mol. The average Bonchev–Trinajstić information content (AvgIpc) is 2.59. The lowest BCUT2D eigenvalue weighted by molar-refractivity contribution is 0.0903. The van der Waals surface area contributed by atoms with E-state index < -0.39 is 7.82 Å². The molecular weight excluding hydrogens is 349 g/mol. The molecule has 0 heterocycles. The summed E-state index contributed by atoms with van der Waals surface area (Å²) in [7, 11) is 1.15. The van der Waals surface area contributed by atoms with Gasteiger partial charge in [-0.1, -0.05) is 34.9 Å². The van der Waals surface area contributed by atoms with Gasteiger partial charge in [0.15, 0.2) is 0 Å². The summed E-state index contributed by atoms with van der Waals surface area (Å²) in [5.74, 6) is 0. The molecule has 0 aliphatic rings. The first kappa shape index (κ1) is 25.3. The molecule has 0 saturated heterocycles. The third-order valence-electron chi connectivity index (χ3n) is 4.01. The van der Waals surface area contributed by atoms with Gasteiger partial charge in [-0.2, -0.15) is 0 Å². The molecule has 0 amide bonds. The van der Waals surface area contributed by atoms with E-state index in [1.807, 2.05) is 11.9 Å². The lowest BCUT2D eigenvalue weighted by Gasteiger charge is -2.19. The van der Waals surface area contributed by atoms with E-state index in [0.717, 1.165) is 38.6 Å². The van der Waals surface area contributed by atoms with Crippen LogP contribution in [0.3, 0.4) is 0 Å². The van der Waals surface area contributed by atoms with Crippen molar-refractivity contribution in [2.24, 2.45) is 0 Å². The number of hydrogen-bond acceptors (Lipinski definition) is 5. The normalized spacial score (nSPS) is 13.4. The number of hydrogen-bond donors (Lipinski definition) is 0. The molecule has 0 atom stereocenters. The third-order valence-corrected chi connectivity index (χ3v) is 5.34. The topological polar surface area (TPSA) is 48.0 Å². The van der Waals surface area contributed by atoms with Gasteiger partial charge >= 0.3 is 7.82 Å². The van der Waals surface area contributed by atoms with Gasteiger partial charge in [0.05, 0.1) is 0 Å². The second-order valence-electron chi connectivity index (χ2n) is 6.90. The second-order valence-corrected chi connectivity index (χ2v) is 8.78. The molecule has 0 aromatic carbocycles. The van der Waals surface area contributed by atoms with Crippen LogP contribution in [0.4, 0.5) is 0 Å². The van der Waals surface area contributed by atoms with E-state index in [2.05, 4.69) is 45.9 Å². The molecule has 0 spiro atoms. The molecule has 0 bridgehead atoms. The smallest absolute Gasteiger partial charge is 0.290 e. The monoisotopic (exact) mass is 387 g/mol. The van der Waals surface area contributed by atoms with E-state index in [0.29, 0.717) is 0 Å². The summed E-state index contributed by atoms with van der Waals surface area (Å²) in [6, 6.07) is 0. The molecule has 0 aliphatic heterocycles. The lowest BCUT2D eigenvalue weighted by Crippen LogP contribution is -2.22. The summed E-state index contributed by atoms with van der Waals surface area (Å²) >= 11 is 0. The summed E-state index contributed by atoms with van der Waals surface area (Å²) in [6.07, 6.45) is 12.3. The van der Waals surface area contributed by atoms with Crippen LogP contribution in [0.5, 0.6) is 0 Å². The molecular formula is C20H38NO4P. The standard InChI is InChI=1S/C20H38NO4P/c1-18(2)11-8-12-19(3)13-9-14-20(4)15-10-16-21(5)17-25-26(22,23-6)24-7/h11,13,15H,8-10,12,14,16-17H2,1-7H3/b19-13+,20-15+. The molecule has 0 saturated carbocycles. The van der Waals surface area contributed by atoms with Crippen LogP contribution in [0.15, 0.2) is 34.9 Å². The van der Waals surface area contributed by atoms with Crippen LogP contribution in [0, 0.1) is 0 Å². The van der Waals surface area contributed by atoms with E-state index in [1.54, 1.807) is 0 Å². The fraction of sp³-hybridized carbons (Fsp3) is 0.700. The van der Waals surface area contributed by atoms with Crippen molar-refractivity contribution < 1.29 is 18.1 Å². The summed E-state index contributed by atoms with van der Waals surface area (Å²) in [5.41, 5.74) is 4.25. The fourth-order valence-corrected chi connectivity index (χ4v) is 2.98. The van der Waals surface area contributed by atoms with Gasteiger partial charge in [-0.3, -0.25) is 18.5 Å². The molecule has 0 radical (unpaired) electrons. The maximum absolute atomic E-state index is 11.8. The van der Waals surface area contributed by atoms with Gasteiger partial charge in [-0.25, -0.2) is 4.57 Å². The van der Waals surface area contributed by atoms with Crippen molar-refractivity contribution >= 4 is 7.82 Å². The van der Waals surface area contributed by atoms with E-state index in [9.17, 15) is 4.57 Å². The highest BCUT2D eigenvalue weighted by Crippen LogP contribution is 2.47. The van der Waals surface area contributed by atoms with Crippen LogP contribution in [0.1, 0.15) is 59.8 Å². The van der Waals surface area contributed by atoms with Crippen molar-refractivity contribution in [3.8, 4) is 0 Å². The molecule has 0 aliphatic carbocycles. The Morgan fingerprint density at radius 1 is 0.885 bits per heavy atom. The van der Waals surface area contributed by atoms with Gasteiger partial charge in [-0.15, -0.1) is 0 Å². The SMILES string of the molecule is COP(=O)(OC)OCN(C)CC/C=C(\C)CC/C=C(\C)CCC=C(C)C. The van der Waals surface area contributed by atoms with Crippen LogP contribution in [0.2, 0.25) is 0 Å². The van der Waals surface area contributed by atoms with Gasteiger partial charge < -0.3 is 0 Å². The molecule has 0 aromatic rings. The van der Waals surface area contributed by atoms with Crippen molar-refractivity contribution in [1.82, 2.24) is 4.90 Å². The van der Waals surface area contributed by atoms with Crippen LogP contribution in [-0.2, 0) is 18.1 Å². The highest BCUT2D eigenvalue weighted by molar-refractivity contribution is 7.48. The number of nitrogens with zero attached hydrogens (tertiary/aromatic N) is 1. The quantitative estimate of drug-likeness (QED) is 0.205. The van der Waals surface area contributed by atoms with E-state index in [-0.39, 0.29) is 6.73 Å². The Bertz CT molecular complexity index is 514. The molecule has 0 aromatic heterocycles. The van der Waals surface area contributed by atoms with Crippen molar-refractivity contribution in [2.45, 2.75) is 59.8 Å². The van der Waals surface area contributed by atoms with Crippen molar-refractivity contribution in [3.05, 3.63) is 34.9 Å². The first-order valence-corrected chi connectivity index (χ1v) is 10.7. The summed E-state index contributed by atoms with van der Waals surface area (Å²) < 4.78 is 26.5. The second kappa shape index (κ2) is 14.4. The molecule has 0 fully saturated rings. The van der Waals surface area contributed by atoms with Gasteiger partial charge in [0.1, 0.15) is 6.73 Å². The Kier molecular flexibility index (Phi) is 14.0. The number of phosphoric ester groups is 1. The maximum Gasteiger partial charge on any atom is 0.475 e. The Labute approximate surface area is 160 Å². The van der Waals surface area contributed by atoms with E-state index >= 15 is 0 Å². The Balaban J connectivity index is 4.03. The molecule has 0 unspecified atom stereocenters. The van der Waals surface area contributed by atoms with Crippen LogP contribution >= 0.6 is 7.82 Å². The Morgan fingerprint density at radius 3 is 1.88 bits per heavy atom. The largest absolute Gasteiger partial charge is 0.475 e. The van der Waals surface area contributed by atoms with Crippen molar-refractivity contribution in [3.63, 3.8) is 0 Å². The molecule has 0 N–H and O–H groups in total. The van der Waals surface area contributed by atoms with Crippen molar-refractivity contribution in [2.75, 3.05) is 34.5 Å². The first-order chi connectivity index (χ1) is 12.2. The zero-order valence-electron chi connectivity index (χ0n) is 17.7. The zero-order chi connectivity index (χ0) is 20.0. The third kappa shape index (κ3) is 13.5. The van der Waals surface area contributed by atoms with Crippen molar-refractivity contribution in [1.29, 1.82) is 0 Å². The fourth-order valence-electron chi connectivity index (χ4n) is 2.28. The van der Waals surface area contributed by atoms with Crippen LogP contribution in [-0.4, -0.2) is 39.4 Å². The zero-order valence-corrected chi connectivity index (χ0v) is 18.6. The predicted octanol–water partition coefficient (Wildman–Crippen LogP) is 6.10. The molecule has 6 heteroatoms. The van der Waals surface area contributed by atoms with Gasteiger partial charge in [0.25, 0.3) is 0 Å². The first-order valence-electron chi connectivity index (χ1n) is 9.21. The Morgan fingerprint density at radius 2 is 1.38 bits per heavy atom. The van der Waals surface area contributed by atoms with Crippen LogP contribution in [0.25, 0.3) is 0 Å². The predicted molar refractivity (Wildman–Crippen MR) is 110 cm³/mol. The summed E-state index contributed by atoms with van der Waals surface area (Å²) in [6.45, 7) is 9.70. The number of allylic oxidation sites excluding steroid dienone is 5. The summed E-state index contributed by atoms with van der Waals surface area (Å²) in [5, 5.41) is 0. The Hall–Kier alpha value is -0.710. The van der Waals surface area contributed by atoms with E-state index in [1.165, 1.54) is 30.9 Å². The maximum atomic E-state index is 11.8. The molecule has 5 nitrogen and oxygen atoms in total. The molecule has 0 rings (SSSR count). The van der Waals surface area contributed by atoms with Gasteiger partial charge in [0, 0.05) is 20.8 Å². The molecule has 26 heavy (non-hydrogen) atoms. The highest BCUT2D eigenvalue weighted by Gasteiger charge is 2.22. The van der Waals surface area contributed by atoms with E-state index in [4.69, 9.17) is 13.6 Å². The van der Waals surface area contributed by atoms with Crippen LogP contribution < -0.4 is 0 Å².